The molecule has 1 unspecified atom stereocenters. The van der Waals surface area contributed by atoms with Gasteiger partial charge in [0, 0.05) is 32.4 Å². The molecule has 1 aromatic carbocycles. The maximum Gasteiger partial charge on any atom is 0.239 e. The molecule has 1 amide bonds. The average Bonchev–Trinajstić information content (AvgIpc) is 2.69. The Morgan fingerprint density at radius 3 is 2.42 bits per heavy atom. The third kappa shape index (κ3) is 4.79. The van der Waals surface area contributed by atoms with Crippen molar-refractivity contribution in [1.29, 1.82) is 0 Å². The highest BCUT2D eigenvalue weighted by molar-refractivity contribution is 5.81. The first kappa shape index (κ1) is 19.2. The van der Waals surface area contributed by atoms with Gasteiger partial charge in [-0.05, 0) is 69.3 Å². The van der Waals surface area contributed by atoms with E-state index in [1.165, 1.54) is 56.4 Å². The zero-order valence-electron chi connectivity index (χ0n) is 16.6. The molecule has 0 bridgehead atoms. The maximum atomic E-state index is 13.0. The largest absolute Gasteiger partial charge is 0.372 e. The SMILES string of the molecule is CCCN1CCCCC1C(=O)N(C)Cc1ccc(N2CCCCC2)cc1. The van der Waals surface area contributed by atoms with Crippen molar-refractivity contribution in [1.82, 2.24) is 9.80 Å². The molecular weight excluding hydrogens is 322 g/mol. The highest BCUT2D eigenvalue weighted by atomic mass is 16.2. The van der Waals surface area contributed by atoms with Crippen molar-refractivity contribution >= 4 is 11.6 Å². The Labute approximate surface area is 159 Å². The molecule has 2 aliphatic rings. The van der Waals surface area contributed by atoms with Gasteiger partial charge in [0.2, 0.25) is 5.91 Å². The van der Waals surface area contributed by atoms with E-state index in [1.807, 2.05) is 11.9 Å². The predicted octanol–water partition coefficient (Wildman–Crippen LogP) is 3.90. The van der Waals surface area contributed by atoms with Crippen LogP contribution in [0.15, 0.2) is 24.3 Å². The molecule has 2 saturated heterocycles. The molecule has 1 aromatic rings. The number of amides is 1. The number of likely N-dealkylation sites (tertiary alicyclic amines) is 1. The molecule has 0 aromatic heterocycles. The molecule has 2 fully saturated rings. The van der Waals surface area contributed by atoms with E-state index in [0.29, 0.717) is 12.5 Å². The first-order valence-corrected chi connectivity index (χ1v) is 10.5. The van der Waals surface area contributed by atoms with E-state index in [1.54, 1.807) is 0 Å². The van der Waals surface area contributed by atoms with Gasteiger partial charge in [0.1, 0.15) is 0 Å². The molecule has 0 spiro atoms. The number of carbonyl (C=O) groups excluding carboxylic acids is 1. The highest BCUT2D eigenvalue weighted by Crippen LogP contribution is 2.22. The molecule has 0 radical (unpaired) electrons. The monoisotopic (exact) mass is 357 g/mol. The predicted molar refractivity (Wildman–Crippen MR) is 108 cm³/mol. The lowest BCUT2D eigenvalue weighted by Gasteiger charge is -2.36. The zero-order valence-corrected chi connectivity index (χ0v) is 16.6. The Hall–Kier alpha value is -1.55. The van der Waals surface area contributed by atoms with Gasteiger partial charge in [0.05, 0.1) is 6.04 Å². The Kier molecular flexibility index (Phi) is 6.95. The van der Waals surface area contributed by atoms with Gasteiger partial charge in [-0.3, -0.25) is 9.69 Å². The number of likely N-dealkylation sites (N-methyl/N-ethyl adjacent to an activating group) is 1. The van der Waals surface area contributed by atoms with E-state index in [2.05, 4.69) is 41.0 Å². The minimum atomic E-state index is 0.0846. The molecule has 0 aliphatic carbocycles. The van der Waals surface area contributed by atoms with Crippen LogP contribution < -0.4 is 4.90 Å². The van der Waals surface area contributed by atoms with Crippen LogP contribution in [0.4, 0.5) is 5.69 Å². The number of hydrogen-bond acceptors (Lipinski definition) is 3. The number of nitrogens with zero attached hydrogens (tertiary/aromatic N) is 3. The van der Waals surface area contributed by atoms with E-state index < -0.39 is 0 Å². The minimum Gasteiger partial charge on any atom is -0.372 e. The Bertz CT molecular complexity index is 563. The average molecular weight is 358 g/mol. The number of benzene rings is 1. The Morgan fingerprint density at radius 1 is 1.04 bits per heavy atom. The second kappa shape index (κ2) is 9.40. The normalized spacial score (nSPS) is 21.6. The number of hydrogen-bond donors (Lipinski definition) is 0. The van der Waals surface area contributed by atoms with Crippen LogP contribution in [0.25, 0.3) is 0 Å². The number of anilines is 1. The summed E-state index contributed by atoms with van der Waals surface area (Å²) in [6.45, 7) is 7.36. The lowest BCUT2D eigenvalue weighted by Crippen LogP contribution is -2.49. The fourth-order valence-electron chi connectivity index (χ4n) is 4.40. The van der Waals surface area contributed by atoms with Crippen LogP contribution in [0.3, 0.4) is 0 Å². The molecule has 26 heavy (non-hydrogen) atoms. The second-order valence-electron chi connectivity index (χ2n) is 7.96. The summed E-state index contributed by atoms with van der Waals surface area (Å²) in [4.78, 5) is 19.8. The summed E-state index contributed by atoms with van der Waals surface area (Å²) in [7, 11) is 1.96. The molecule has 0 N–H and O–H groups in total. The summed E-state index contributed by atoms with van der Waals surface area (Å²) in [6, 6.07) is 8.92. The quantitative estimate of drug-likeness (QED) is 0.772. The van der Waals surface area contributed by atoms with Gasteiger partial charge >= 0.3 is 0 Å². The van der Waals surface area contributed by atoms with Crippen molar-refractivity contribution in [2.24, 2.45) is 0 Å². The van der Waals surface area contributed by atoms with Crippen molar-refractivity contribution in [2.75, 3.05) is 38.1 Å². The van der Waals surface area contributed by atoms with Gasteiger partial charge in [0.15, 0.2) is 0 Å². The van der Waals surface area contributed by atoms with Crippen molar-refractivity contribution in [3.8, 4) is 0 Å². The van der Waals surface area contributed by atoms with Gasteiger partial charge in [-0.2, -0.15) is 0 Å². The zero-order chi connectivity index (χ0) is 18.4. The van der Waals surface area contributed by atoms with Crippen LogP contribution in [0.1, 0.15) is 57.4 Å². The summed E-state index contributed by atoms with van der Waals surface area (Å²) in [6.07, 6.45) is 8.49. The van der Waals surface area contributed by atoms with Gasteiger partial charge in [-0.15, -0.1) is 0 Å². The van der Waals surface area contributed by atoms with Crippen LogP contribution in [-0.2, 0) is 11.3 Å². The smallest absolute Gasteiger partial charge is 0.239 e. The third-order valence-electron chi connectivity index (χ3n) is 5.86. The summed E-state index contributed by atoms with van der Waals surface area (Å²) in [5.74, 6) is 0.290. The molecule has 4 nitrogen and oxygen atoms in total. The van der Waals surface area contributed by atoms with Crippen molar-refractivity contribution < 1.29 is 4.79 Å². The molecule has 2 heterocycles. The fourth-order valence-corrected chi connectivity index (χ4v) is 4.40. The van der Waals surface area contributed by atoms with Crippen LogP contribution >= 0.6 is 0 Å². The third-order valence-corrected chi connectivity index (χ3v) is 5.86. The number of rotatable bonds is 6. The summed E-state index contributed by atoms with van der Waals surface area (Å²) < 4.78 is 0. The van der Waals surface area contributed by atoms with Crippen LogP contribution in [0.2, 0.25) is 0 Å². The van der Waals surface area contributed by atoms with E-state index in [0.717, 1.165) is 25.9 Å². The fraction of sp³-hybridized carbons (Fsp3) is 0.682. The maximum absolute atomic E-state index is 13.0. The van der Waals surface area contributed by atoms with Crippen LogP contribution in [-0.4, -0.2) is 55.0 Å². The Morgan fingerprint density at radius 2 is 1.73 bits per heavy atom. The standard InChI is InChI=1S/C22H35N3O/c1-3-14-25-17-8-5-9-21(25)22(26)23(2)18-19-10-12-20(13-11-19)24-15-6-4-7-16-24/h10-13,21H,3-9,14-18H2,1-2H3. The van der Waals surface area contributed by atoms with Gasteiger partial charge in [0.25, 0.3) is 0 Å². The summed E-state index contributed by atoms with van der Waals surface area (Å²) in [5, 5.41) is 0. The van der Waals surface area contributed by atoms with Crippen LogP contribution in [0.5, 0.6) is 0 Å². The highest BCUT2D eigenvalue weighted by Gasteiger charge is 2.30. The number of carbonyl (C=O) groups is 1. The minimum absolute atomic E-state index is 0.0846. The molecule has 144 valence electrons. The van der Waals surface area contributed by atoms with Gasteiger partial charge in [-0.25, -0.2) is 0 Å². The number of piperidine rings is 2. The van der Waals surface area contributed by atoms with E-state index >= 15 is 0 Å². The van der Waals surface area contributed by atoms with Gasteiger partial charge < -0.3 is 9.80 Å². The molecule has 1 atom stereocenters. The van der Waals surface area contributed by atoms with E-state index in [4.69, 9.17) is 0 Å². The molecule has 2 aliphatic heterocycles. The van der Waals surface area contributed by atoms with Gasteiger partial charge in [-0.1, -0.05) is 25.5 Å². The molecule has 0 saturated carbocycles. The van der Waals surface area contributed by atoms with Crippen molar-refractivity contribution in [2.45, 2.75) is 64.5 Å². The Balaban J connectivity index is 1.57. The molecule has 4 heteroatoms. The van der Waals surface area contributed by atoms with E-state index in [-0.39, 0.29) is 6.04 Å². The molecule has 3 rings (SSSR count). The summed E-state index contributed by atoms with van der Waals surface area (Å²) in [5.41, 5.74) is 2.54. The summed E-state index contributed by atoms with van der Waals surface area (Å²) >= 11 is 0. The first-order valence-electron chi connectivity index (χ1n) is 10.5. The topological polar surface area (TPSA) is 26.8 Å². The molecular formula is C22H35N3O. The lowest BCUT2D eigenvalue weighted by molar-refractivity contribution is -0.137. The van der Waals surface area contributed by atoms with Crippen molar-refractivity contribution in [3.63, 3.8) is 0 Å². The van der Waals surface area contributed by atoms with Crippen molar-refractivity contribution in [3.05, 3.63) is 29.8 Å². The lowest BCUT2D eigenvalue weighted by atomic mass is 10.0. The van der Waals surface area contributed by atoms with Crippen LogP contribution in [0, 0.1) is 0 Å². The second-order valence-corrected chi connectivity index (χ2v) is 7.96. The van der Waals surface area contributed by atoms with E-state index in [9.17, 15) is 4.79 Å². The first-order chi connectivity index (χ1) is 12.7.